The molecule has 0 aromatic carbocycles. The van der Waals surface area contributed by atoms with E-state index in [1.807, 2.05) is 0 Å². The van der Waals surface area contributed by atoms with Crippen LogP contribution < -0.4 is 4.90 Å². The van der Waals surface area contributed by atoms with Gasteiger partial charge in [-0.25, -0.2) is 18.7 Å². The van der Waals surface area contributed by atoms with Gasteiger partial charge in [-0.1, -0.05) is 11.6 Å². The van der Waals surface area contributed by atoms with Crippen molar-refractivity contribution in [1.29, 1.82) is 5.26 Å². The van der Waals surface area contributed by atoms with E-state index >= 15 is 0 Å². The molecule has 4 nitrogen and oxygen atoms in total. The van der Waals surface area contributed by atoms with Gasteiger partial charge in [0.1, 0.15) is 17.0 Å². The van der Waals surface area contributed by atoms with Gasteiger partial charge in [-0.15, -0.1) is 0 Å². The van der Waals surface area contributed by atoms with E-state index in [4.69, 9.17) is 16.9 Å². The van der Waals surface area contributed by atoms with E-state index in [9.17, 15) is 8.78 Å². The van der Waals surface area contributed by atoms with Gasteiger partial charge >= 0.3 is 0 Å². The molecule has 0 spiro atoms. The average Bonchev–Trinajstić information content (AvgIpc) is 2.58. The largest absolute Gasteiger partial charge is 0.350 e. The minimum Gasteiger partial charge on any atom is -0.350 e. The molecule has 0 saturated carbocycles. The summed E-state index contributed by atoms with van der Waals surface area (Å²) in [4.78, 5) is 8.87. The summed E-state index contributed by atoms with van der Waals surface area (Å²) >= 11 is 5.66. The molecule has 1 aromatic rings. The summed E-state index contributed by atoms with van der Waals surface area (Å²) < 4.78 is 26.0. The summed E-state index contributed by atoms with van der Waals surface area (Å²) in [7, 11) is 0. The monoisotopic (exact) mass is 244 g/mol. The Hall–Kier alpha value is -1.48. The van der Waals surface area contributed by atoms with Crippen molar-refractivity contribution in [3.05, 3.63) is 17.0 Å². The summed E-state index contributed by atoms with van der Waals surface area (Å²) in [5.74, 6) is -2.55. The number of hydrogen-bond donors (Lipinski definition) is 0. The molecule has 1 aromatic heterocycles. The number of alkyl halides is 2. The first-order valence-electron chi connectivity index (χ1n) is 4.58. The second-order valence-electron chi connectivity index (χ2n) is 3.51. The second-order valence-corrected chi connectivity index (χ2v) is 3.90. The van der Waals surface area contributed by atoms with E-state index in [0.29, 0.717) is 0 Å². The summed E-state index contributed by atoms with van der Waals surface area (Å²) in [6, 6.07) is 3.11. The zero-order valence-corrected chi connectivity index (χ0v) is 8.88. The second kappa shape index (κ2) is 3.83. The predicted octanol–water partition coefficient (Wildman–Crippen LogP) is 1.85. The lowest BCUT2D eigenvalue weighted by atomic mass is 10.3. The zero-order chi connectivity index (χ0) is 11.8. The Kier molecular flexibility index (Phi) is 2.64. The van der Waals surface area contributed by atoms with Crippen LogP contribution in [0.25, 0.3) is 0 Å². The third kappa shape index (κ3) is 2.19. The molecular formula is C9H7ClF2N4. The van der Waals surface area contributed by atoms with Crippen LogP contribution in [0.4, 0.5) is 14.6 Å². The predicted molar refractivity (Wildman–Crippen MR) is 53.5 cm³/mol. The van der Waals surface area contributed by atoms with E-state index in [-0.39, 0.29) is 29.8 Å². The van der Waals surface area contributed by atoms with E-state index in [2.05, 4.69) is 9.97 Å². The van der Waals surface area contributed by atoms with Gasteiger partial charge in [-0.2, -0.15) is 5.26 Å². The fourth-order valence-corrected chi connectivity index (χ4v) is 1.73. The number of rotatable bonds is 1. The highest BCUT2D eigenvalue weighted by atomic mass is 35.5. The van der Waals surface area contributed by atoms with Crippen molar-refractivity contribution in [2.24, 2.45) is 0 Å². The molecular weight excluding hydrogens is 238 g/mol. The van der Waals surface area contributed by atoms with Gasteiger partial charge in [-0.3, -0.25) is 0 Å². The molecule has 0 N–H and O–H groups in total. The normalized spacial score (nSPS) is 18.5. The standard InChI is InChI=1S/C9H7ClF2N4/c10-6-3-8(15-7(4-13)14-6)16-2-1-9(11,12)5-16/h3H,1-2,5H2. The van der Waals surface area contributed by atoms with Gasteiger partial charge in [0, 0.05) is 19.0 Å². The molecule has 0 amide bonds. The maximum atomic E-state index is 13.0. The van der Waals surface area contributed by atoms with Crippen LogP contribution in [0.15, 0.2) is 6.07 Å². The third-order valence-corrected chi connectivity index (χ3v) is 2.47. The molecule has 1 aliphatic heterocycles. The zero-order valence-electron chi connectivity index (χ0n) is 8.12. The summed E-state index contributed by atoms with van der Waals surface area (Å²) in [6.07, 6.45) is -0.212. The van der Waals surface area contributed by atoms with Crippen molar-refractivity contribution in [2.75, 3.05) is 18.0 Å². The Morgan fingerprint density at radius 3 is 2.81 bits per heavy atom. The third-order valence-electron chi connectivity index (χ3n) is 2.28. The minimum atomic E-state index is -2.70. The molecule has 0 unspecified atom stereocenters. The number of nitrogens with zero attached hydrogens (tertiary/aromatic N) is 4. The Bertz CT molecular complexity index is 457. The molecule has 1 aliphatic rings. The van der Waals surface area contributed by atoms with Crippen LogP contribution >= 0.6 is 11.6 Å². The van der Waals surface area contributed by atoms with Crippen molar-refractivity contribution in [3.63, 3.8) is 0 Å². The minimum absolute atomic E-state index is 0.0803. The lowest BCUT2D eigenvalue weighted by molar-refractivity contribution is 0.0256. The van der Waals surface area contributed by atoms with Gasteiger partial charge < -0.3 is 4.90 Å². The number of halogens is 3. The van der Waals surface area contributed by atoms with E-state index < -0.39 is 12.5 Å². The van der Waals surface area contributed by atoms with Gasteiger partial charge in [0.05, 0.1) is 6.54 Å². The number of aromatic nitrogens is 2. The fourth-order valence-electron chi connectivity index (χ4n) is 1.55. The molecule has 0 atom stereocenters. The molecule has 0 radical (unpaired) electrons. The van der Waals surface area contributed by atoms with E-state index in [1.54, 1.807) is 6.07 Å². The first kappa shape index (κ1) is 11.0. The fraction of sp³-hybridized carbons (Fsp3) is 0.444. The summed E-state index contributed by atoms with van der Waals surface area (Å²) in [6.45, 7) is -0.198. The van der Waals surface area contributed by atoms with Crippen LogP contribution in [0, 0.1) is 11.3 Å². The Labute approximate surface area is 95.5 Å². The Morgan fingerprint density at radius 2 is 2.25 bits per heavy atom. The molecule has 2 rings (SSSR count). The lowest BCUT2D eigenvalue weighted by Crippen LogP contribution is -2.25. The van der Waals surface area contributed by atoms with Crippen LogP contribution in [0.2, 0.25) is 5.15 Å². The summed E-state index contributed by atoms with van der Waals surface area (Å²) in [5.41, 5.74) is 0. The van der Waals surface area contributed by atoms with Crippen LogP contribution in [-0.2, 0) is 0 Å². The highest BCUT2D eigenvalue weighted by Crippen LogP contribution is 2.30. The smallest absolute Gasteiger partial charge is 0.266 e. The molecule has 84 valence electrons. The van der Waals surface area contributed by atoms with E-state index in [0.717, 1.165) is 0 Å². The number of anilines is 1. The molecule has 1 saturated heterocycles. The Morgan fingerprint density at radius 1 is 1.50 bits per heavy atom. The van der Waals surface area contributed by atoms with E-state index in [1.165, 1.54) is 11.0 Å². The molecule has 1 fully saturated rings. The molecule has 2 heterocycles. The lowest BCUT2D eigenvalue weighted by Gasteiger charge is -2.16. The first-order valence-corrected chi connectivity index (χ1v) is 4.95. The van der Waals surface area contributed by atoms with Crippen LogP contribution in [0.5, 0.6) is 0 Å². The molecule has 0 bridgehead atoms. The average molecular weight is 245 g/mol. The summed E-state index contributed by atoms with van der Waals surface area (Å²) in [5, 5.41) is 8.71. The topological polar surface area (TPSA) is 52.8 Å². The van der Waals surface area contributed by atoms with Crippen LogP contribution in [-0.4, -0.2) is 29.0 Å². The SMILES string of the molecule is N#Cc1nc(Cl)cc(N2CCC(F)(F)C2)n1. The quantitative estimate of drug-likeness (QED) is 0.708. The van der Waals surface area contributed by atoms with Crippen molar-refractivity contribution >= 4 is 17.4 Å². The highest BCUT2D eigenvalue weighted by Gasteiger charge is 2.38. The van der Waals surface area contributed by atoms with Crippen LogP contribution in [0.1, 0.15) is 12.2 Å². The number of hydrogen-bond acceptors (Lipinski definition) is 4. The molecule has 7 heteroatoms. The Balaban J connectivity index is 2.29. The number of nitriles is 1. The van der Waals surface area contributed by atoms with Crippen molar-refractivity contribution in [1.82, 2.24) is 9.97 Å². The van der Waals surface area contributed by atoms with Gasteiger partial charge in [0.15, 0.2) is 0 Å². The van der Waals surface area contributed by atoms with Crippen molar-refractivity contribution < 1.29 is 8.78 Å². The maximum absolute atomic E-state index is 13.0. The van der Waals surface area contributed by atoms with Gasteiger partial charge in [0.2, 0.25) is 5.82 Å². The van der Waals surface area contributed by atoms with Gasteiger partial charge in [0.25, 0.3) is 5.92 Å². The van der Waals surface area contributed by atoms with Crippen LogP contribution in [0.3, 0.4) is 0 Å². The highest BCUT2D eigenvalue weighted by molar-refractivity contribution is 6.29. The first-order chi connectivity index (χ1) is 7.50. The maximum Gasteiger partial charge on any atom is 0.266 e. The molecule has 0 aliphatic carbocycles. The van der Waals surface area contributed by atoms with Gasteiger partial charge in [-0.05, 0) is 0 Å². The van der Waals surface area contributed by atoms with Crippen molar-refractivity contribution in [3.8, 4) is 6.07 Å². The molecule has 16 heavy (non-hydrogen) atoms. The van der Waals surface area contributed by atoms with Crippen molar-refractivity contribution in [2.45, 2.75) is 12.3 Å².